The van der Waals surface area contributed by atoms with E-state index in [-0.39, 0.29) is 12.5 Å². The molecule has 0 radical (unpaired) electrons. The van der Waals surface area contributed by atoms with Crippen molar-refractivity contribution in [1.29, 1.82) is 0 Å². The highest BCUT2D eigenvalue weighted by atomic mass is 16.2. The van der Waals surface area contributed by atoms with Crippen molar-refractivity contribution in [2.24, 2.45) is 5.73 Å². The van der Waals surface area contributed by atoms with Crippen molar-refractivity contribution in [3.63, 3.8) is 0 Å². The molecule has 0 spiro atoms. The molecule has 0 saturated carbocycles. The minimum absolute atomic E-state index is 0.0288. The molecule has 1 aliphatic rings. The molecule has 1 atom stereocenters. The predicted octanol–water partition coefficient (Wildman–Crippen LogP) is 2.05. The minimum atomic E-state index is 0.0288. The monoisotopic (exact) mass is 298 g/mol. The molecule has 1 saturated heterocycles. The number of H-pyrrole nitrogens is 1. The molecule has 1 fully saturated rings. The van der Waals surface area contributed by atoms with E-state index >= 15 is 0 Å². The number of nitrogens with two attached hydrogens (primary N) is 1. The number of hydrogen-bond acceptors (Lipinski definition) is 3. The standard InChI is InChI=1S/C17H22N4O/c1-12-4-6-13(7-5-12)15-10-19-20-17(15)14-3-2-8-21(11-14)16(22)9-18/h4-7,10,14H,2-3,8-9,11,18H2,1H3,(H,19,20)/t14-/m1/s1. The van der Waals surface area contributed by atoms with E-state index in [0.29, 0.717) is 5.92 Å². The van der Waals surface area contributed by atoms with Crippen LogP contribution in [0.4, 0.5) is 0 Å². The fraction of sp³-hybridized carbons (Fsp3) is 0.412. The van der Waals surface area contributed by atoms with Crippen molar-refractivity contribution in [2.45, 2.75) is 25.7 Å². The summed E-state index contributed by atoms with van der Waals surface area (Å²) in [4.78, 5) is 13.7. The third-order valence-electron chi connectivity index (χ3n) is 4.39. The number of benzene rings is 1. The van der Waals surface area contributed by atoms with Crippen molar-refractivity contribution >= 4 is 5.91 Å². The number of aryl methyl sites for hydroxylation is 1. The van der Waals surface area contributed by atoms with Gasteiger partial charge in [0.05, 0.1) is 12.7 Å². The van der Waals surface area contributed by atoms with Crippen LogP contribution in [0.2, 0.25) is 0 Å². The fourth-order valence-corrected chi connectivity index (χ4v) is 3.14. The van der Waals surface area contributed by atoms with Crippen LogP contribution in [0.5, 0.6) is 0 Å². The van der Waals surface area contributed by atoms with E-state index in [0.717, 1.165) is 42.8 Å². The Morgan fingerprint density at radius 3 is 2.91 bits per heavy atom. The Balaban J connectivity index is 1.85. The Kier molecular flexibility index (Phi) is 4.24. The average molecular weight is 298 g/mol. The minimum Gasteiger partial charge on any atom is -0.341 e. The van der Waals surface area contributed by atoms with Crippen LogP contribution in [-0.4, -0.2) is 40.6 Å². The van der Waals surface area contributed by atoms with E-state index in [1.807, 2.05) is 11.1 Å². The third kappa shape index (κ3) is 2.90. The van der Waals surface area contributed by atoms with Crippen molar-refractivity contribution in [3.8, 4) is 11.1 Å². The fourth-order valence-electron chi connectivity index (χ4n) is 3.14. The molecule has 1 amide bonds. The highest BCUT2D eigenvalue weighted by Crippen LogP contribution is 2.33. The number of amides is 1. The summed E-state index contributed by atoms with van der Waals surface area (Å²) in [6.07, 6.45) is 3.95. The molecule has 5 heteroatoms. The average Bonchev–Trinajstić information content (AvgIpc) is 3.04. The molecule has 3 N–H and O–H groups in total. The van der Waals surface area contributed by atoms with Gasteiger partial charge in [-0.3, -0.25) is 9.89 Å². The molecule has 2 heterocycles. The molecule has 2 aromatic rings. The van der Waals surface area contributed by atoms with Crippen molar-refractivity contribution in [3.05, 3.63) is 41.7 Å². The normalized spacial score (nSPS) is 18.5. The number of nitrogens with zero attached hydrogens (tertiary/aromatic N) is 2. The van der Waals surface area contributed by atoms with Crippen molar-refractivity contribution in [1.82, 2.24) is 15.1 Å². The largest absolute Gasteiger partial charge is 0.341 e. The lowest BCUT2D eigenvalue weighted by Gasteiger charge is -2.32. The number of nitrogens with one attached hydrogen (secondary N) is 1. The summed E-state index contributed by atoms with van der Waals surface area (Å²) in [6.45, 7) is 3.69. The second-order valence-electron chi connectivity index (χ2n) is 5.95. The first-order valence-electron chi connectivity index (χ1n) is 7.77. The number of aromatic nitrogens is 2. The number of piperidine rings is 1. The van der Waals surface area contributed by atoms with Crippen LogP contribution in [0.25, 0.3) is 11.1 Å². The van der Waals surface area contributed by atoms with E-state index in [1.54, 1.807) is 0 Å². The van der Waals surface area contributed by atoms with Gasteiger partial charge in [-0.1, -0.05) is 29.8 Å². The number of carbonyl (C=O) groups is 1. The van der Waals surface area contributed by atoms with Crippen LogP contribution < -0.4 is 5.73 Å². The molecule has 3 rings (SSSR count). The lowest BCUT2D eigenvalue weighted by molar-refractivity contribution is -0.130. The molecule has 0 bridgehead atoms. The number of hydrogen-bond donors (Lipinski definition) is 2. The molecule has 5 nitrogen and oxygen atoms in total. The highest BCUT2D eigenvalue weighted by Gasteiger charge is 2.27. The molecule has 116 valence electrons. The Morgan fingerprint density at radius 2 is 2.18 bits per heavy atom. The SMILES string of the molecule is Cc1ccc(-c2cn[nH]c2[C@@H]2CCCN(C(=O)CN)C2)cc1. The zero-order valence-corrected chi connectivity index (χ0v) is 12.9. The van der Waals surface area contributed by atoms with Gasteiger partial charge in [-0.2, -0.15) is 5.10 Å². The van der Waals surface area contributed by atoms with E-state index in [9.17, 15) is 4.79 Å². The highest BCUT2D eigenvalue weighted by molar-refractivity contribution is 5.78. The lowest BCUT2D eigenvalue weighted by atomic mass is 9.90. The summed E-state index contributed by atoms with van der Waals surface area (Å²) < 4.78 is 0. The van der Waals surface area contributed by atoms with Gasteiger partial charge in [0, 0.05) is 30.3 Å². The van der Waals surface area contributed by atoms with Crippen molar-refractivity contribution < 1.29 is 4.79 Å². The zero-order chi connectivity index (χ0) is 15.5. The van der Waals surface area contributed by atoms with Gasteiger partial charge in [-0.05, 0) is 25.3 Å². The molecule has 1 aromatic carbocycles. The number of rotatable bonds is 3. The quantitative estimate of drug-likeness (QED) is 0.910. The van der Waals surface area contributed by atoms with Gasteiger partial charge < -0.3 is 10.6 Å². The first-order valence-corrected chi connectivity index (χ1v) is 7.77. The maximum Gasteiger partial charge on any atom is 0.236 e. The Labute approximate surface area is 130 Å². The number of carbonyl (C=O) groups excluding carboxylic acids is 1. The molecular formula is C17H22N4O. The molecule has 22 heavy (non-hydrogen) atoms. The molecular weight excluding hydrogens is 276 g/mol. The molecule has 1 aliphatic heterocycles. The summed E-state index contributed by atoms with van der Waals surface area (Å²) in [7, 11) is 0. The second kappa shape index (κ2) is 6.32. The van der Waals surface area contributed by atoms with Gasteiger partial charge in [0.2, 0.25) is 5.91 Å². The second-order valence-corrected chi connectivity index (χ2v) is 5.95. The number of aromatic amines is 1. The van der Waals surface area contributed by atoms with Gasteiger partial charge in [-0.15, -0.1) is 0 Å². The third-order valence-corrected chi connectivity index (χ3v) is 4.39. The summed E-state index contributed by atoms with van der Waals surface area (Å²) in [5.74, 6) is 0.323. The topological polar surface area (TPSA) is 75.0 Å². The lowest BCUT2D eigenvalue weighted by Crippen LogP contribution is -2.42. The van der Waals surface area contributed by atoms with Gasteiger partial charge >= 0.3 is 0 Å². The Bertz CT molecular complexity index is 647. The van der Waals surface area contributed by atoms with E-state index < -0.39 is 0 Å². The van der Waals surface area contributed by atoms with Crippen molar-refractivity contribution in [2.75, 3.05) is 19.6 Å². The van der Waals surface area contributed by atoms with Crippen LogP contribution in [0, 0.1) is 6.92 Å². The predicted molar refractivity (Wildman–Crippen MR) is 86.4 cm³/mol. The van der Waals surface area contributed by atoms with Gasteiger partial charge in [0.15, 0.2) is 0 Å². The van der Waals surface area contributed by atoms with E-state index in [2.05, 4.69) is 41.4 Å². The smallest absolute Gasteiger partial charge is 0.236 e. The molecule has 1 aromatic heterocycles. The van der Waals surface area contributed by atoms with Crippen LogP contribution >= 0.6 is 0 Å². The first kappa shape index (κ1) is 14.8. The summed E-state index contributed by atoms with van der Waals surface area (Å²) >= 11 is 0. The van der Waals surface area contributed by atoms with Gasteiger partial charge in [0.1, 0.15) is 0 Å². The summed E-state index contributed by atoms with van der Waals surface area (Å²) in [5, 5.41) is 7.38. The van der Waals surface area contributed by atoms with Crippen LogP contribution in [0.1, 0.15) is 30.0 Å². The molecule has 0 aliphatic carbocycles. The van der Waals surface area contributed by atoms with Crippen LogP contribution in [-0.2, 0) is 4.79 Å². The Hall–Kier alpha value is -2.14. The maximum absolute atomic E-state index is 11.8. The first-order chi connectivity index (χ1) is 10.7. The molecule has 0 unspecified atom stereocenters. The summed E-state index contributed by atoms with van der Waals surface area (Å²) in [5.41, 5.74) is 10.2. The van der Waals surface area contributed by atoms with Gasteiger partial charge in [0.25, 0.3) is 0 Å². The van der Waals surface area contributed by atoms with E-state index in [4.69, 9.17) is 5.73 Å². The Morgan fingerprint density at radius 1 is 1.41 bits per heavy atom. The van der Waals surface area contributed by atoms with E-state index in [1.165, 1.54) is 5.56 Å². The van der Waals surface area contributed by atoms with Crippen LogP contribution in [0.15, 0.2) is 30.5 Å². The zero-order valence-electron chi connectivity index (χ0n) is 12.9. The van der Waals surface area contributed by atoms with Crippen LogP contribution in [0.3, 0.4) is 0 Å². The summed E-state index contributed by atoms with van der Waals surface area (Å²) in [6, 6.07) is 8.46. The maximum atomic E-state index is 11.8. The number of likely N-dealkylation sites (tertiary alicyclic amines) is 1. The van der Waals surface area contributed by atoms with Gasteiger partial charge in [-0.25, -0.2) is 0 Å².